The third kappa shape index (κ3) is 3.56. The first kappa shape index (κ1) is 15.0. The summed E-state index contributed by atoms with van der Waals surface area (Å²) in [5.74, 6) is 0. The van der Waals surface area contributed by atoms with Crippen molar-refractivity contribution >= 4 is 28.6 Å². The largest absolute Gasteiger partial charge is 0.305 e. The van der Waals surface area contributed by atoms with E-state index in [2.05, 4.69) is 31.3 Å². The highest BCUT2D eigenvalue weighted by Gasteiger charge is 2.13. The predicted molar refractivity (Wildman–Crippen MR) is 82.4 cm³/mol. The van der Waals surface area contributed by atoms with Crippen LogP contribution in [0.4, 0.5) is 5.69 Å². The summed E-state index contributed by atoms with van der Waals surface area (Å²) >= 11 is 7.54. The summed E-state index contributed by atoms with van der Waals surface area (Å²) in [6.45, 7) is 4.72. The molecule has 1 atom stereocenters. The van der Waals surface area contributed by atoms with Crippen molar-refractivity contribution in [1.29, 1.82) is 0 Å². The van der Waals surface area contributed by atoms with Crippen molar-refractivity contribution in [2.75, 3.05) is 0 Å². The second kappa shape index (κ2) is 6.35. The van der Waals surface area contributed by atoms with Crippen molar-refractivity contribution in [1.82, 2.24) is 5.32 Å². The van der Waals surface area contributed by atoms with Crippen LogP contribution >= 0.6 is 22.9 Å². The Hall–Kier alpha value is -1.43. The first-order valence-corrected chi connectivity index (χ1v) is 7.39. The summed E-state index contributed by atoms with van der Waals surface area (Å²) in [5, 5.41) is 14.4. The molecular weight excluding hydrogens is 296 g/mol. The van der Waals surface area contributed by atoms with Crippen molar-refractivity contribution in [2.24, 2.45) is 0 Å². The standard InChI is InChI=1S/C14H15ClN2O2S/c1-9-3-6-14(20-9)10(2)16-8-11-4-5-12(15)13(7-11)17(18)19/h3-7,10,16H,8H2,1-2H3. The third-order valence-electron chi connectivity index (χ3n) is 3.01. The van der Waals surface area contributed by atoms with E-state index in [0.29, 0.717) is 6.54 Å². The molecule has 0 aliphatic carbocycles. The number of nitrogens with one attached hydrogen (secondary N) is 1. The number of nitrogens with zero attached hydrogens (tertiary/aromatic N) is 1. The molecule has 0 radical (unpaired) electrons. The molecule has 4 nitrogen and oxygen atoms in total. The van der Waals surface area contributed by atoms with Gasteiger partial charge in [0.25, 0.3) is 5.69 Å². The molecule has 6 heteroatoms. The quantitative estimate of drug-likeness (QED) is 0.655. The summed E-state index contributed by atoms with van der Waals surface area (Å²) in [5.41, 5.74) is 0.798. The fourth-order valence-electron chi connectivity index (χ4n) is 1.87. The van der Waals surface area contributed by atoms with Gasteiger partial charge in [0.1, 0.15) is 5.02 Å². The van der Waals surface area contributed by atoms with Gasteiger partial charge in [-0.05, 0) is 37.6 Å². The number of hydrogen-bond donors (Lipinski definition) is 1. The van der Waals surface area contributed by atoms with Gasteiger partial charge >= 0.3 is 0 Å². The SMILES string of the molecule is Cc1ccc(C(C)NCc2ccc(Cl)c([N+](=O)[O-])c2)s1. The van der Waals surface area contributed by atoms with Crippen molar-refractivity contribution < 1.29 is 4.92 Å². The first-order valence-electron chi connectivity index (χ1n) is 6.20. The minimum atomic E-state index is -0.460. The number of aryl methyl sites for hydroxylation is 1. The average molecular weight is 311 g/mol. The maximum atomic E-state index is 10.8. The molecule has 0 fully saturated rings. The number of rotatable bonds is 5. The average Bonchev–Trinajstić information content (AvgIpc) is 2.84. The number of halogens is 1. The molecule has 1 aromatic heterocycles. The van der Waals surface area contributed by atoms with Crippen LogP contribution in [0.15, 0.2) is 30.3 Å². The lowest BCUT2D eigenvalue weighted by Gasteiger charge is -2.12. The maximum Gasteiger partial charge on any atom is 0.288 e. The van der Waals surface area contributed by atoms with Crippen molar-refractivity contribution in [2.45, 2.75) is 26.4 Å². The Bertz CT molecular complexity index is 627. The molecule has 1 unspecified atom stereocenters. The van der Waals surface area contributed by atoms with Crippen LogP contribution in [0.3, 0.4) is 0 Å². The minimum Gasteiger partial charge on any atom is -0.305 e. The molecule has 0 aliphatic rings. The van der Waals surface area contributed by atoms with Crippen LogP contribution in [0.25, 0.3) is 0 Å². The van der Waals surface area contributed by atoms with E-state index >= 15 is 0 Å². The number of hydrogen-bond acceptors (Lipinski definition) is 4. The summed E-state index contributed by atoms with van der Waals surface area (Å²) < 4.78 is 0. The van der Waals surface area contributed by atoms with E-state index in [1.807, 2.05) is 0 Å². The molecule has 0 aliphatic heterocycles. The van der Waals surface area contributed by atoms with Gasteiger partial charge < -0.3 is 5.32 Å². The van der Waals surface area contributed by atoms with Crippen molar-refractivity contribution in [3.63, 3.8) is 0 Å². The van der Waals surface area contributed by atoms with E-state index in [9.17, 15) is 10.1 Å². The van der Waals surface area contributed by atoms with Crippen LogP contribution in [0.2, 0.25) is 5.02 Å². The van der Waals surface area contributed by atoms with Gasteiger partial charge in [-0.25, -0.2) is 0 Å². The van der Waals surface area contributed by atoms with Gasteiger partial charge in [-0.1, -0.05) is 17.7 Å². The number of nitro groups is 1. The molecule has 106 valence electrons. The Labute approximate surface area is 126 Å². The Morgan fingerprint density at radius 1 is 1.40 bits per heavy atom. The topological polar surface area (TPSA) is 55.2 Å². The van der Waals surface area contributed by atoms with E-state index in [1.54, 1.807) is 23.5 Å². The second-order valence-corrected chi connectivity index (χ2v) is 6.32. The molecule has 0 saturated heterocycles. The van der Waals surface area contributed by atoms with Gasteiger partial charge in [-0.15, -0.1) is 11.3 Å². The smallest absolute Gasteiger partial charge is 0.288 e. The molecule has 0 amide bonds. The zero-order valence-electron chi connectivity index (χ0n) is 11.2. The molecule has 2 rings (SSSR count). The van der Waals surface area contributed by atoms with Gasteiger partial charge in [0, 0.05) is 28.4 Å². The number of nitro benzene ring substituents is 1. The summed E-state index contributed by atoms with van der Waals surface area (Å²) in [7, 11) is 0. The molecule has 0 spiro atoms. The Balaban J connectivity index is 2.04. The van der Waals surface area contributed by atoms with Crippen LogP contribution < -0.4 is 5.32 Å². The molecule has 1 aromatic carbocycles. The summed E-state index contributed by atoms with van der Waals surface area (Å²) in [4.78, 5) is 12.9. The summed E-state index contributed by atoms with van der Waals surface area (Å²) in [6.07, 6.45) is 0. The van der Waals surface area contributed by atoms with E-state index in [4.69, 9.17) is 11.6 Å². The lowest BCUT2D eigenvalue weighted by atomic mass is 10.2. The fraction of sp³-hybridized carbons (Fsp3) is 0.286. The molecule has 2 aromatic rings. The second-order valence-electron chi connectivity index (χ2n) is 4.59. The Morgan fingerprint density at radius 2 is 2.15 bits per heavy atom. The highest BCUT2D eigenvalue weighted by atomic mass is 35.5. The normalized spacial score (nSPS) is 12.3. The van der Waals surface area contributed by atoms with Crippen molar-refractivity contribution in [3.8, 4) is 0 Å². The molecule has 0 saturated carbocycles. The zero-order valence-corrected chi connectivity index (χ0v) is 12.8. The Kier molecular flexibility index (Phi) is 4.75. The van der Waals surface area contributed by atoms with Crippen LogP contribution in [0.1, 0.15) is 28.3 Å². The maximum absolute atomic E-state index is 10.8. The minimum absolute atomic E-state index is 0.0504. The highest BCUT2D eigenvalue weighted by Crippen LogP contribution is 2.26. The molecule has 1 heterocycles. The predicted octanol–water partition coefficient (Wildman–Crippen LogP) is 4.47. The molecule has 20 heavy (non-hydrogen) atoms. The van der Waals surface area contributed by atoms with Gasteiger partial charge in [-0.2, -0.15) is 0 Å². The van der Waals surface area contributed by atoms with Gasteiger partial charge in [0.15, 0.2) is 0 Å². The van der Waals surface area contributed by atoms with Gasteiger partial charge in [0.05, 0.1) is 4.92 Å². The van der Waals surface area contributed by atoms with Crippen LogP contribution in [-0.4, -0.2) is 4.92 Å². The van der Waals surface area contributed by atoms with E-state index in [1.165, 1.54) is 15.8 Å². The first-order chi connectivity index (χ1) is 9.47. The van der Waals surface area contributed by atoms with Crippen molar-refractivity contribution in [3.05, 3.63) is 60.8 Å². The highest BCUT2D eigenvalue weighted by molar-refractivity contribution is 7.12. The van der Waals surface area contributed by atoms with Crippen LogP contribution in [0.5, 0.6) is 0 Å². The van der Waals surface area contributed by atoms with E-state index in [-0.39, 0.29) is 16.8 Å². The van der Waals surface area contributed by atoms with Crippen LogP contribution in [0, 0.1) is 17.0 Å². The fourth-order valence-corrected chi connectivity index (χ4v) is 2.96. The zero-order chi connectivity index (χ0) is 14.7. The third-order valence-corrected chi connectivity index (χ3v) is 4.51. The molecular formula is C14H15ClN2O2S. The number of benzene rings is 1. The van der Waals surface area contributed by atoms with Crippen LogP contribution in [-0.2, 0) is 6.54 Å². The monoisotopic (exact) mass is 310 g/mol. The molecule has 0 bridgehead atoms. The number of thiophene rings is 1. The summed E-state index contributed by atoms with van der Waals surface area (Å²) in [6, 6.07) is 9.28. The molecule has 1 N–H and O–H groups in total. The lowest BCUT2D eigenvalue weighted by molar-refractivity contribution is -0.384. The van der Waals surface area contributed by atoms with E-state index < -0.39 is 4.92 Å². The lowest BCUT2D eigenvalue weighted by Crippen LogP contribution is -2.17. The van der Waals surface area contributed by atoms with Gasteiger partial charge in [-0.3, -0.25) is 10.1 Å². The van der Waals surface area contributed by atoms with Gasteiger partial charge in [0.2, 0.25) is 0 Å². The Morgan fingerprint density at radius 3 is 2.75 bits per heavy atom. The van der Waals surface area contributed by atoms with E-state index in [0.717, 1.165) is 5.56 Å².